The molecule has 14 heavy (non-hydrogen) atoms. The van der Waals surface area contributed by atoms with E-state index in [1.165, 1.54) is 0 Å². The van der Waals surface area contributed by atoms with Gasteiger partial charge in [-0.3, -0.25) is 0 Å². The van der Waals surface area contributed by atoms with E-state index in [-0.39, 0.29) is 10.2 Å². The number of rotatable bonds is 1. The molecule has 1 aromatic carbocycles. The van der Waals surface area contributed by atoms with Crippen LogP contribution in [0.25, 0.3) is 11.0 Å². The molecule has 0 aliphatic rings. The van der Waals surface area contributed by atoms with E-state index in [2.05, 4.69) is 15.9 Å². The second-order valence-electron chi connectivity index (χ2n) is 3.01. The third kappa shape index (κ3) is 1.23. The zero-order valence-corrected chi connectivity index (χ0v) is 8.96. The minimum Gasteiger partial charge on any atom is -0.478 e. The van der Waals surface area contributed by atoms with Gasteiger partial charge >= 0.3 is 5.97 Å². The van der Waals surface area contributed by atoms with Gasteiger partial charge in [0.15, 0.2) is 4.67 Å². The number of hydrogen-bond donors (Lipinski definition) is 1. The Morgan fingerprint density at radius 2 is 2.21 bits per heavy atom. The number of halogens is 1. The number of aromatic carboxylic acids is 1. The summed E-state index contributed by atoms with van der Waals surface area (Å²) in [5.74, 6) is -0.985. The van der Waals surface area contributed by atoms with E-state index in [4.69, 9.17) is 9.52 Å². The molecule has 0 fully saturated rings. The standard InChI is InChI=1S/C10H7BrO3/c1-5-3-2-4-6-7(10(12)13)9(11)14-8(5)6/h2-4H,1H3,(H,12,13). The van der Waals surface area contributed by atoms with Crippen LogP contribution in [-0.2, 0) is 0 Å². The molecular weight excluding hydrogens is 248 g/mol. The Hall–Kier alpha value is -1.29. The molecule has 3 nitrogen and oxygen atoms in total. The lowest BCUT2D eigenvalue weighted by atomic mass is 10.1. The highest BCUT2D eigenvalue weighted by Crippen LogP contribution is 2.31. The van der Waals surface area contributed by atoms with Crippen molar-refractivity contribution in [1.82, 2.24) is 0 Å². The number of benzene rings is 1. The summed E-state index contributed by atoms with van der Waals surface area (Å²) in [5.41, 5.74) is 1.73. The maximum absolute atomic E-state index is 10.9. The summed E-state index contributed by atoms with van der Waals surface area (Å²) >= 11 is 3.10. The minimum absolute atomic E-state index is 0.184. The Bertz CT molecular complexity index is 513. The fourth-order valence-electron chi connectivity index (χ4n) is 1.43. The van der Waals surface area contributed by atoms with Crippen molar-refractivity contribution in [2.24, 2.45) is 0 Å². The molecule has 72 valence electrons. The van der Waals surface area contributed by atoms with Gasteiger partial charge in [0.25, 0.3) is 0 Å². The average molecular weight is 255 g/mol. The summed E-state index contributed by atoms with van der Waals surface area (Å²) in [6, 6.07) is 5.43. The molecule has 0 atom stereocenters. The molecular formula is C10H7BrO3. The minimum atomic E-state index is -0.985. The van der Waals surface area contributed by atoms with Crippen LogP contribution in [0, 0.1) is 6.92 Å². The SMILES string of the molecule is Cc1cccc2c(C(=O)O)c(Br)oc12. The van der Waals surface area contributed by atoms with Gasteiger partial charge in [0.2, 0.25) is 0 Å². The molecule has 1 aromatic heterocycles. The molecule has 2 aromatic rings. The number of para-hydroxylation sites is 1. The van der Waals surface area contributed by atoms with Crippen molar-refractivity contribution in [3.05, 3.63) is 34.0 Å². The first kappa shape index (κ1) is 9.27. The molecule has 4 heteroatoms. The first-order valence-electron chi connectivity index (χ1n) is 4.02. The van der Waals surface area contributed by atoms with Gasteiger partial charge in [-0.15, -0.1) is 0 Å². The van der Waals surface area contributed by atoms with Crippen molar-refractivity contribution in [2.45, 2.75) is 6.92 Å². The monoisotopic (exact) mass is 254 g/mol. The van der Waals surface area contributed by atoms with Crippen molar-refractivity contribution in [1.29, 1.82) is 0 Å². The molecule has 0 amide bonds. The van der Waals surface area contributed by atoms with Gasteiger partial charge in [0.05, 0.1) is 0 Å². The molecule has 1 N–H and O–H groups in total. The molecule has 2 rings (SSSR count). The summed E-state index contributed by atoms with van der Waals surface area (Å²) in [7, 11) is 0. The van der Waals surface area contributed by atoms with Crippen LogP contribution in [-0.4, -0.2) is 11.1 Å². The molecule has 0 radical (unpaired) electrons. The zero-order valence-electron chi connectivity index (χ0n) is 7.37. The largest absolute Gasteiger partial charge is 0.478 e. The van der Waals surface area contributed by atoms with Crippen LogP contribution in [0.4, 0.5) is 0 Å². The van der Waals surface area contributed by atoms with Gasteiger partial charge in [0, 0.05) is 5.39 Å². The number of furan rings is 1. The van der Waals surface area contributed by atoms with Gasteiger partial charge in [0.1, 0.15) is 11.1 Å². The maximum atomic E-state index is 10.9. The Morgan fingerprint density at radius 1 is 1.50 bits per heavy atom. The van der Waals surface area contributed by atoms with E-state index in [9.17, 15) is 4.79 Å². The lowest BCUT2D eigenvalue weighted by Gasteiger charge is -1.92. The van der Waals surface area contributed by atoms with Crippen LogP contribution in [0.1, 0.15) is 15.9 Å². The van der Waals surface area contributed by atoms with E-state index in [0.29, 0.717) is 11.0 Å². The van der Waals surface area contributed by atoms with Crippen molar-refractivity contribution in [3.63, 3.8) is 0 Å². The van der Waals surface area contributed by atoms with Gasteiger partial charge < -0.3 is 9.52 Å². The van der Waals surface area contributed by atoms with Crippen LogP contribution < -0.4 is 0 Å². The van der Waals surface area contributed by atoms with Gasteiger partial charge in [-0.1, -0.05) is 18.2 Å². The summed E-state index contributed by atoms with van der Waals surface area (Å²) in [4.78, 5) is 10.9. The topological polar surface area (TPSA) is 50.4 Å². The van der Waals surface area contributed by atoms with Crippen LogP contribution in [0.2, 0.25) is 0 Å². The van der Waals surface area contributed by atoms with Crippen LogP contribution in [0.3, 0.4) is 0 Å². The summed E-state index contributed by atoms with van der Waals surface area (Å²) in [5, 5.41) is 9.58. The van der Waals surface area contributed by atoms with Crippen molar-refractivity contribution < 1.29 is 14.3 Å². The van der Waals surface area contributed by atoms with Gasteiger partial charge in [-0.05, 0) is 28.4 Å². The first-order valence-corrected chi connectivity index (χ1v) is 4.81. The number of carboxylic acid groups (broad SMARTS) is 1. The van der Waals surface area contributed by atoms with E-state index < -0.39 is 5.97 Å². The molecule has 0 saturated carbocycles. The van der Waals surface area contributed by atoms with Gasteiger partial charge in [-0.2, -0.15) is 0 Å². The molecule has 1 heterocycles. The lowest BCUT2D eigenvalue weighted by molar-refractivity contribution is 0.0696. The molecule has 0 aliphatic carbocycles. The normalized spacial score (nSPS) is 10.7. The second kappa shape index (κ2) is 3.13. The Kier molecular flexibility index (Phi) is 2.07. The quantitative estimate of drug-likeness (QED) is 0.851. The summed E-state index contributed by atoms with van der Waals surface area (Å²) in [6.45, 7) is 1.88. The Labute approximate surface area is 88.5 Å². The molecule has 0 unspecified atom stereocenters. The van der Waals surface area contributed by atoms with Crippen LogP contribution in [0.5, 0.6) is 0 Å². The molecule has 0 spiro atoms. The van der Waals surface area contributed by atoms with E-state index in [0.717, 1.165) is 5.56 Å². The van der Waals surface area contributed by atoms with Crippen LogP contribution in [0.15, 0.2) is 27.3 Å². The van der Waals surface area contributed by atoms with Crippen molar-refractivity contribution in [3.8, 4) is 0 Å². The van der Waals surface area contributed by atoms with E-state index in [1.807, 2.05) is 19.1 Å². The molecule has 0 bridgehead atoms. The number of carboxylic acids is 1. The highest BCUT2D eigenvalue weighted by Gasteiger charge is 2.18. The maximum Gasteiger partial charge on any atom is 0.340 e. The highest BCUT2D eigenvalue weighted by atomic mass is 79.9. The third-order valence-corrected chi connectivity index (χ3v) is 2.64. The Morgan fingerprint density at radius 3 is 2.86 bits per heavy atom. The highest BCUT2D eigenvalue weighted by molar-refractivity contribution is 9.10. The van der Waals surface area contributed by atoms with E-state index >= 15 is 0 Å². The second-order valence-corrected chi connectivity index (χ2v) is 3.73. The number of aryl methyl sites for hydroxylation is 1. The predicted octanol–water partition coefficient (Wildman–Crippen LogP) is 3.20. The summed E-state index contributed by atoms with van der Waals surface area (Å²) < 4.78 is 5.60. The smallest absolute Gasteiger partial charge is 0.340 e. The van der Waals surface area contributed by atoms with E-state index in [1.54, 1.807) is 6.07 Å². The number of carbonyl (C=O) groups is 1. The average Bonchev–Trinajstić information content (AvgIpc) is 2.42. The molecule has 0 aliphatic heterocycles. The van der Waals surface area contributed by atoms with Crippen molar-refractivity contribution in [2.75, 3.05) is 0 Å². The zero-order chi connectivity index (χ0) is 10.3. The van der Waals surface area contributed by atoms with Gasteiger partial charge in [-0.25, -0.2) is 4.79 Å². The fraction of sp³-hybridized carbons (Fsp3) is 0.100. The van der Waals surface area contributed by atoms with Crippen LogP contribution >= 0.6 is 15.9 Å². The van der Waals surface area contributed by atoms with Crippen molar-refractivity contribution >= 4 is 32.9 Å². The lowest BCUT2D eigenvalue weighted by Crippen LogP contribution is -1.94. The number of fused-ring (bicyclic) bond motifs is 1. The third-order valence-electron chi connectivity index (χ3n) is 2.08. The first-order chi connectivity index (χ1) is 6.61. The fourth-order valence-corrected chi connectivity index (χ4v) is 1.98. The predicted molar refractivity (Wildman–Crippen MR) is 55.6 cm³/mol. The molecule has 0 saturated heterocycles. The Balaban J connectivity index is 2.90. The summed E-state index contributed by atoms with van der Waals surface area (Å²) in [6.07, 6.45) is 0. The number of hydrogen-bond acceptors (Lipinski definition) is 2.